The molecule has 1 fully saturated rings. The van der Waals surface area contributed by atoms with E-state index in [0.29, 0.717) is 31.8 Å². The zero-order chi connectivity index (χ0) is 23.0. The third-order valence-corrected chi connectivity index (χ3v) is 5.89. The maximum atomic E-state index is 12.9. The number of likely N-dealkylation sites (tertiary alicyclic amines) is 1. The van der Waals surface area contributed by atoms with Crippen LogP contribution in [-0.2, 0) is 14.3 Å². The zero-order valence-electron chi connectivity index (χ0n) is 18.9. The van der Waals surface area contributed by atoms with Gasteiger partial charge in [0, 0.05) is 11.8 Å². The molecule has 1 aliphatic heterocycles. The van der Waals surface area contributed by atoms with Gasteiger partial charge in [-0.05, 0) is 72.4 Å². The molecule has 0 bridgehead atoms. The van der Waals surface area contributed by atoms with Gasteiger partial charge >= 0.3 is 12.1 Å². The number of hydrogen-bond acceptors (Lipinski definition) is 4. The number of alkyl halides is 4. The molecule has 0 aromatic carbocycles. The summed E-state index contributed by atoms with van der Waals surface area (Å²) < 4.78 is 49.8. The van der Waals surface area contributed by atoms with E-state index in [1.807, 2.05) is 34.6 Å². The molecular weight excluding hydrogens is 463 g/mol. The molecule has 1 heterocycles. The van der Waals surface area contributed by atoms with E-state index in [1.54, 1.807) is 6.08 Å². The summed E-state index contributed by atoms with van der Waals surface area (Å²) in [5.41, 5.74) is -1.28. The smallest absolute Gasteiger partial charge is 0.389 e. The van der Waals surface area contributed by atoms with Crippen molar-refractivity contribution < 1.29 is 27.4 Å². The van der Waals surface area contributed by atoms with Crippen LogP contribution in [0.2, 0.25) is 0 Å². The first-order valence-corrected chi connectivity index (χ1v) is 11.9. The van der Waals surface area contributed by atoms with E-state index < -0.39 is 29.8 Å². The van der Waals surface area contributed by atoms with Crippen molar-refractivity contribution in [2.24, 2.45) is 0 Å². The van der Waals surface area contributed by atoms with Crippen LogP contribution in [0.3, 0.4) is 0 Å². The Morgan fingerprint density at radius 1 is 1.20 bits per heavy atom. The molecule has 0 N–H and O–H groups in total. The Kier molecular flexibility index (Phi) is 10.7. The molecule has 1 unspecified atom stereocenters. The normalized spacial score (nSPS) is 21.2. The molecule has 0 aliphatic carbocycles. The van der Waals surface area contributed by atoms with E-state index in [0.717, 1.165) is 24.6 Å². The van der Waals surface area contributed by atoms with E-state index >= 15 is 0 Å². The number of halogens is 4. The molecule has 30 heavy (non-hydrogen) atoms. The maximum Gasteiger partial charge on any atom is 0.389 e. The summed E-state index contributed by atoms with van der Waals surface area (Å²) >= 11 is 3.36. The Morgan fingerprint density at radius 2 is 1.87 bits per heavy atom. The van der Waals surface area contributed by atoms with Crippen LogP contribution in [0.15, 0.2) is 11.8 Å². The zero-order valence-corrected chi connectivity index (χ0v) is 20.5. The van der Waals surface area contributed by atoms with Crippen LogP contribution in [0.5, 0.6) is 0 Å². The van der Waals surface area contributed by atoms with Gasteiger partial charge in [-0.3, -0.25) is 9.69 Å². The second kappa shape index (κ2) is 11.7. The Morgan fingerprint density at radius 3 is 2.40 bits per heavy atom. The lowest BCUT2D eigenvalue weighted by molar-refractivity contribution is -0.166. The van der Waals surface area contributed by atoms with Crippen molar-refractivity contribution in [3.8, 4) is 0 Å². The Bertz CT molecular complexity index is 575. The first kappa shape index (κ1) is 27.3. The fourth-order valence-electron chi connectivity index (χ4n) is 3.69. The number of piperidine rings is 1. The number of hydrogen-bond donors (Lipinski definition) is 0. The quantitative estimate of drug-likeness (QED) is 0.151. The number of esters is 1. The second-order valence-corrected chi connectivity index (χ2v) is 9.77. The van der Waals surface area contributed by atoms with Gasteiger partial charge in [0.05, 0.1) is 12.1 Å². The molecule has 0 aromatic rings. The topological polar surface area (TPSA) is 38.8 Å². The summed E-state index contributed by atoms with van der Waals surface area (Å²) in [6, 6.07) is -0.436. The lowest BCUT2D eigenvalue weighted by Crippen LogP contribution is -2.58. The molecule has 4 nitrogen and oxygen atoms in total. The molecule has 1 saturated heterocycles. The van der Waals surface area contributed by atoms with Crippen molar-refractivity contribution in [1.29, 1.82) is 0 Å². The van der Waals surface area contributed by atoms with Gasteiger partial charge in [0.1, 0.15) is 17.4 Å². The maximum absolute atomic E-state index is 12.9. The van der Waals surface area contributed by atoms with Gasteiger partial charge in [0.2, 0.25) is 0 Å². The molecule has 176 valence electrons. The van der Waals surface area contributed by atoms with Gasteiger partial charge in [0.25, 0.3) is 0 Å². The minimum absolute atomic E-state index is 0.145. The average molecular weight is 500 g/mol. The van der Waals surface area contributed by atoms with Crippen LogP contribution >= 0.6 is 15.9 Å². The van der Waals surface area contributed by atoms with E-state index in [4.69, 9.17) is 9.47 Å². The molecular formula is C22H37BrF3NO3. The third kappa shape index (κ3) is 8.77. The number of allylic oxidation sites excluding steroid dienone is 1. The summed E-state index contributed by atoms with van der Waals surface area (Å²) in [4.78, 5) is 15.0. The lowest BCUT2D eigenvalue weighted by atomic mass is 9.87. The summed E-state index contributed by atoms with van der Waals surface area (Å²) in [5, 5.41) is 0.746. The van der Waals surface area contributed by atoms with Gasteiger partial charge in [-0.1, -0.05) is 29.3 Å². The standard InChI is InChI=1S/C22H37BrF3NO3/c1-6-21(5,18(29-16-10-14-23)12-9-13-22(24,25)26)27-15-8-7-11-17(27)19(28)30-20(2,3)4/h12,17H,6-11,13-16H2,1-5H3/b18-12+/t17-,21?/m0/s1. The summed E-state index contributed by atoms with van der Waals surface area (Å²) in [5.74, 6) is 0.239. The molecule has 0 amide bonds. The van der Waals surface area contributed by atoms with Crippen LogP contribution in [0.4, 0.5) is 13.2 Å². The van der Waals surface area contributed by atoms with Crippen LogP contribution in [0.1, 0.15) is 79.6 Å². The predicted octanol–water partition coefficient (Wildman–Crippen LogP) is 6.38. The largest absolute Gasteiger partial charge is 0.496 e. The monoisotopic (exact) mass is 499 g/mol. The third-order valence-electron chi connectivity index (χ3n) is 5.33. The van der Waals surface area contributed by atoms with E-state index in [1.165, 1.54) is 0 Å². The highest BCUT2D eigenvalue weighted by Crippen LogP contribution is 2.36. The molecule has 1 rings (SSSR count). The molecule has 1 aliphatic rings. The van der Waals surface area contributed by atoms with Crippen molar-refractivity contribution in [2.45, 2.75) is 103 Å². The van der Waals surface area contributed by atoms with E-state index in [2.05, 4.69) is 20.8 Å². The van der Waals surface area contributed by atoms with Crippen LogP contribution in [0.25, 0.3) is 0 Å². The number of nitrogens with zero attached hydrogens (tertiary/aromatic N) is 1. The minimum atomic E-state index is -4.22. The van der Waals surface area contributed by atoms with Gasteiger partial charge in [0.15, 0.2) is 0 Å². The lowest BCUT2D eigenvalue weighted by Gasteiger charge is -2.48. The fraction of sp³-hybridized carbons (Fsp3) is 0.864. The number of ether oxygens (including phenoxy) is 2. The number of carbonyl (C=O) groups excluding carboxylic acids is 1. The van der Waals surface area contributed by atoms with Gasteiger partial charge in [-0.25, -0.2) is 0 Å². The minimum Gasteiger partial charge on any atom is -0.496 e. The summed E-state index contributed by atoms with van der Waals surface area (Å²) in [6.07, 6.45) is 0.160. The van der Waals surface area contributed by atoms with Crippen LogP contribution < -0.4 is 0 Å². The number of rotatable bonds is 10. The van der Waals surface area contributed by atoms with Crippen molar-refractivity contribution >= 4 is 21.9 Å². The highest BCUT2D eigenvalue weighted by atomic mass is 79.9. The molecule has 8 heteroatoms. The fourth-order valence-corrected chi connectivity index (χ4v) is 3.92. The highest BCUT2D eigenvalue weighted by Gasteiger charge is 2.44. The first-order chi connectivity index (χ1) is 13.8. The second-order valence-electron chi connectivity index (χ2n) is 8.98. The average Bonchev–Trinajstić information content (AvgIpc) is 2.64. The molecule has 0 saturated carbocycles. The molecule has 0 spiro atoms. The summed E-state index contributed by atoms with van der Waals surface area (Å²) in [7, 11) is 0. The predicted molar refractivity (Wildman–Crippen MR) is 117 cm³/mol. The van der Waals surface area contributed by atoms with E-state index in [-0.39, 0.29) is 12.4 Å². The van der Waals surface area contributed by atoms with Crippen LogP contribution in [0, 0.1) is 0 Å². The Balaban J connectivity index is 3.19. The van der Waals surface area contributed by atoms with E-state index in [9.17, 15) is 18.0 Å². The van der Waals surface area contributed by atoms with Crippen molar-refractivity contribution in [2.75, 3.05) is 18.5 Å². The Hall–Kier alpha value is -0.760. The van der Waals surface area contributed by atoms with Gasteiger partial charge < -0.3 is 9.47 Å². The number of carbonyl (C=O) groups is 1. The summed E-state index contributed by atoms with van der Waals surface area (Å²) in [6.45, 7) is 10.5. The van der Waals surface area contributed by atoms with Crippen molar-refractivity contribution in [3.05, 3.63) is 11.8 Å². The molecule has 0 radical (unpaired) electrons. The molecule has 0 aromatic heterocycles. The molecule has 2 atom stereocenters. The van der Waals surface area contributed by atoms with Gasteiger partial charge in [-0.15, -0.1) is 0 Å². The highest BCUT2D eigenvalue weighted by molar-refractivity contribution is 9.09. The first-order valence-electron chi connectivity index (χ1n) is 10.8. The van der Waals surface area contributed by atoms with Crippen LogP contribution in [-0.4, -0.2) is 52.7 Å². The van der Waals surface area contributed by atoms with Crippen molar-refractivity contribution in [1.82, 2.24) is 4.90 Å². The van der Waals surface area contributed by atoms with Crippen molar-refractivity contribution in [3.63, 3.8) is 0 Å². The van der Waals surface area contributed by atoms with Gasteiger partial charge in [-0.2, -0.15) is 13.2 Å². The SMILES string of the molecule is CCC(C)(/C(=C\CCC(F)(F)F)OCCCBr)N1CCCC[C@H]1C(=O)OC(C)(C)C. The Labute approximate surface area is 187 Å².